The molecule has 0 aromatic rings. The van der Waals surface area contributed by atoms with Gasteiger partial charge >= 0.3 is 0 Å². The van der Waals surface area contributed by atoms with Gasteiger partial charge in [0.15, 0.2) is 0 Å². The first-order valence-corrected chi connectivity index (χ1v) is 4.79. The molecule has 0 nitrogen and oxygen atoms in total. The fraction of sp³-hybridized carbons (Fsp3) is 1.00. The standard InChI is InChI=1S/C6H13ClS/c1-6(5-7)3-4-8-2/h6H,3-5H2,1-2H3. The van der Waals surface area contributed by atoms with Crippen LogP contribution in [0.15, 0.2) is 0 Å². The summed E-state index contributed by atoms with van der Waals surface area (Å²) in [6.45, 7) is 2.18. The number of hydrogen-bond acceptors (Lipinski definition) is 1. The molecule has 0 N–H and O–H groups in total. The number of alkyl halides is 1. The van der Waals surface area contributed by atoms with Crippen LogP contribution in [0, 0.1) is 5.92 Å². The van der Waals surface area contributed by atoms with E-state index in [0.29, 0.717) is 5.92 Å². The minimum Gasteiger partial charge on any atom is -0.165 e. The van der Waals surface area contributed by atoms with Gasteiger partial charge in [-0.05, 0) is 24.3 Å². The van der Waals surface area contributed by atoms with Crippen LogP contribution in [0.4, 0.5) is 0 Å². The molecule has 0 aliphatic heterocycles. The summed E-state index contributed by atoms with van der Waals surface area (Å²) >= 11 is 7.47. The Morgan fingerprint density at radius 3 is 2.62 bits per heavy atom. The number of halogens is 1. The molecule has 1 unspecified atom stereocenters. The zero-order chi connectivity index (χ0) is 6.41. The van der Waals surface area contributed by atoms with Crippen molar-refractivity contribution in [3.8, 4) is 0 Å². The van der Waals surface area contributed by atoms with Crippen molar-refractivity contribution < 1.29 is 0 Å². The summed E-state index contributed by atoms with van der Waals surface area (Å²) < 4.78 is 0. The second-order valence-corrected chi connectivity index (χ2v) is 3.34. The van der Waals surface area contributed by atoms with E-state index in [0.717, 1.165) is 5.88 Å². The summed E-state index contributed by atoms with van der Waals surface area (Å²) in [5, 5.41) is 0. The van der Waals surface area contributed by atoms with Gasteiger partial charge in [-0.2, -0.15) is 11.8 Å². The van der Waals surface area contributed by atoms with Gasteiger partial charge in [0.2, 0.25) is 0 Å². The summed E-state index contributed by atoms with van der Waals surface area (Å²) in [4.78, 5) is 0. The van der Waals surface area contributed by atoms with Crippen LogP contribution in [-0.2, 0) is 0 Å². The van der Waals surface area contributed by atoms with E-state index in [-0.39, 0.29) is 0 Å². The van der Waals surface area contributed by atoms with Crippen molar-refractivity contribution in [1.29, 1.82) is 0 Å². The summed E-state index contributed by atoms with van der Waals surface area (Å²) in [6.07, 6.45) is 3.38. The van der Waals surface area contributed by atoms with Gasteiger partial charge in [0.05, 0.1) is 0 Å². The summed E-state index contributed by atoms with van der Waals surface area (Å²) in [5.74, 6) is 2.75. The van der Waals surface area contributed by atoms with Gasteiger partial charge in [-0.15, -0.1) is 11.6 Å². The van der Waals surface area contributed by atoms with Crippen LogP contribution in [0.1, 0.15) is 13.3 Å². The smallest absolute Gasteiger partial charge is 0.0249 e. The molecule has 0 saturated carbocycles. The zero-order valence-electron chi connectivity index (χ0n) is 5.48. The van der Waals surface area contributed by atoms with Crippen LogP contribution >= 0.6 is 23.4 Å². The van der Waals surface area contributed by atoms with E-state index in [4.69, 9.17) is 11.6 Å². The predicted octanol–water partition coefficient (Wildman–Crippen LogP) is 2.61. The van der Waals surface area contributed by atoms with Crippen molar-refractivity contribution in [2.24, 2.45) is 5.92 Å². The van der Waals surface area contributed by atoms with E-state index in [1.54, 1.807) is 0 Å². The molecular formula is C6H13ClS. The maximum Gasteiger partial charge on any atom is 0.0249 e. The maximum atomic E-state index is 5.58. The topological polar surface area (TPSA) is 0 Å². The Balaban J connectivity index is 2.86. The normalized spacial score (nSPS) is 13.9. The van der Waals surface area contributed by atoms with Crippen LogP contribution in [-0.4, -0.2) is 17.9 Å². The van der Waals surface area contributed by atoms with Gasteiger partial charge in [-0.3, -0.25) is 0 Å². The average molecular weight is 153 g/mol. The Morgan fingerprint density at radius 2 is 2.25 bits per heavy atom. The van der Waals surface area contributed by atoms with E-state index in [2.05, 4.69) is 13.2 Å². The van der Waals surface area contributed by atoms with Gasteiger partial charge in [0.1, 0.15) is 0 Å². The molecule has 0 aliphatic rings. The Bertz CT molecular complexity index is 47.8. The van der Waals surface area contributed by atoms with Crippen molar-refractivity contribution in [3.63, 3.8) is 0 Å². The summed E-state index contributed by atoms with van der Waals surface area (Å²) in [5.41, 5.74) is 0. The molecule has 2 heteroatoms. The van der Waals surface area contributed by atoms with E-state index >= 15 is 0 Å². The average Bonchev–Trinajstić information content (AvgIpc) is 1.83. The van der Waals surface area contributed by atoms with E-state index in [1.165, 1.54) is 12.2 Å². The lowest BCUT2D eigenvalue weighted by Crippen LogP contribution is -1.96. The molecule has 50 valence electrons. The number of hydrogen-bond donors (Lipinski definition) is 0. The lowest BCUT2D eigenvalue weighted by Gasteiger charge is -2.02. The predicted molar refractivity (Wildman–Crippen MR) is 42.9 cm³/mol. The minimum absolute atomic E-state index is 0.698. The largest absolute Gasteiger partial charge is 0.165 e. The molecule has 0 aliphatic carbocycles. The SMILES string of the molecule is CSCCC(C)CCl. The highest BCUT2D eigenvalue weighted by atomic mass is 35.5. The van der Waals surface area contributed by atoms with Crippen molar-refractivity contribution in [2.45, 2.75) is 13.3 Å². The lowest BCUT2D eigenvalue weighted by molar-refractivity contribution is 0.639. The second-order valence-electron chi connectivity index (χ2n) is 2.04. The Hall–Kier alpha value is 0.640. The first-order valence-electron chi connectivity index (χ1n) is 2.86. The first kappa shape index (κ1) is 8.64. The fourth-order valence-electron chi connectivity index (χ4n) is 0.396. The van der Waals surface area contributed by atoms with Crippen molar-refractivity contribution in [2.75, 3.05) is 17.9 Å². The minimum atomic E-state index is 0.698. The maximum absolute atomic E-state index is 5.58. The van der Waals surface area contributed by atoms with Crippen LogP contribution in [0.2, 0.25) is 0 Å². The molecule has 8 heavy (non-hydrogen) atoms. The monoisotopic (exact) mass is 152 g/mol. The molecular weight excluding hydrogens is 140 g/mol. The van der Waals surface area contributed by atoms with Crippen LogP contribution in [0.3, 0.4) is 0 Å². The van der Waals surface area contributed by atoms with Crippen molar-refractivity contribution >= 4 is 23.4 Å². The third kappa shape index (κ3) is 4.79. The number of rotatable bonds is 4. The third-order valence-corrected chi connectivity index (χ3v) is 2.25. The van der Waals surface area contributed by atoms with E-state index in [1.807, 2.05) is 11.8 Å². The first-order chi connectivity index (χ1) is 3.81. The van der Waals surface area contributed by atoms with Crippen LogP contribution in [0.25, 0.3) is 0 Å². The number of thioether (sulfide) groups is 1. The second kappa shape index (κ2) is 5.77. The molecule has 1 atom stereocenters. The molecule has 0 radical (unpaired) electrons. The van der Waals surface area contributed by atoms with Gasteiger partial charge in [0, 0.05) is 5.88 Å². The Labute approximate surface area is 61.0 Å². The zero-order valence-corrected chi connectivity index (χ0v) is 7.06. The van der Waals surface area contributed by atoms with Gasteiger partial charge < -0.3 is 0 Å². The molecule has 0 aromatic carbocycles. The van der Waals surface area contributed by atoms with Gasteiger partial charge in [-0.1, -0.05) is 6.92 Å². The van der Waals surface area contributed by atoms with E-state index in [9.17, 15) is 0 Å². The fourth-order valence-corrected chi connectivity index (χ4v) is 1.19. The van der Waals surface area contributed by atoms with Gasteiger partial charge in [0.25, 0.3) is 0 Å². The molecule has 0 bridgehead atoms. The van der Waals surface area contributed by atoms with Gasteiger partial charge in [-0.25, -0.2) is 0 Å². The molecule has 0 aromatic heterocycles. The Morgan fingerprint density at radius 1 is 1.62 bits per heavy atom. The highest BCUT2D eigenvalue weighted by molar-refractivity contribution is 7.98. The van der Waals surface area contributed by atoms with Crippen molar-refractivity contribution in [3.05, 3.63) is 0 Å². The molecule has 0 saturated heterocycles. The summed E-state index contributed by atoms with van der Waals surface area (Å²) in [7, 11) is 0. The molecule has 0 rings (SSSR count). The highest BCUT2D eigenvalue weighted by Crippen LogP contribution is 2.07. The Kier molecular flexibility index (Phi) is 6.23. The van der Waals surface area contributed by atoms with Crippen molar-refractivity contribution in [1.82, 2.24) is 0 Å². The quantitative estimate of drug-likeness (QED) is 0.559. The third-order valence-electron chi connectivity index (χ3n) is 1.08. The molecule has 0 heterocycles. The lowest BCUT2D eigenvalue weighted by atomic mass is 10.2. The summed E-state index contributed by atoms with van der Waals surface area (Å²) in [6, 6.07) is 0. The van der Waals surface area contributed by atoms with Crippen LogP contribution < -0.4 is 0 Å². The van der Waals surface area contributed by atoms with Crippen LogP contribution in [0.5, 0.6) is 0 Å². The molecule has 0 spiro atoms. The molecule has 0 fully saturated rings. The van der Waals surface area contributed by atoms with E-state index < -0.39 is 0 Å². The highest BCUT2D eigenvalue weighted by Gasteiger charge is 1.96. The molecule has 0 amide bonds.